The van der Waals surface area contributed by atoms with E-state index in [0.29, 0.717) is 0 Å². The Bertz CT molecular complexity index is 2550. The van der Waals surface area contributed by atoms with Crippen LogP contribution in [0.15, 0.2) is 127 Å². The third-order valence-corrected chi connectivity index (χ3v) is 13.1. The molecular weight excluding hydrogens is 879 g/mol. The van der Waals surface area contributed by atoms with Crippen molar-refractivity contribution in [1.29, 1.82) is 0 Å². The molecule has 0 N–H and O–H groups in total. The van der Waals surface area contributed by atoms with Crippen molar-refractivity contribution in [3.63, 3.8) is 0 Å². The summed E-state index contributed by atoms with van der Waals surface area (Å²) in [5.74, 6) is 0. The molecule has 0 nitrogen and oxygen atoms in total. The predicted molar refractivity (Wildman–Crippen MR) is 252 cm³/mol. The second-order valence-electron chi connectivity index (χ2n) is 18.2. The summed E-state index contributed by atoms with van der Waals surface area (Å²) in [6.07, 6.45) is 0. The van der Waals surface area contributed by atoms with Gasteiger partial charge in [0.05, 0.1) is 9.52 Å². The van der Waals surface area contributed by atoms with Crippen molar-refractivity contribution in [1.82, 2.24) is 0 Å². The summed E-state index contributed by atoms with van der Waals surface area (Å²) < 4.78 is 0. The zero-order chi connectivity index (χ0) is 40.8. The molecule has 1 aliphatic rings. The molecule has 58 heavy (non-hydrogen) atoms. The van der Waals surface area contributed by atoms with Gasteiger partial charge in [-0.1, -0.05) is 135 Å². The van der Waals surface area contributed by atoms with Crippen LogP contribution in [0.3, 0.4) is 0 Å². The van der Waals surface area contributed by atoms with Crippen LogP contribution in [0.5, 0.6) is 0 Å². The number of hydrogen-bond acceptors (Lipinski definition) is 0. The van der Waals surface area contributed by atoms with E-state index in [2.05, 4.69) is 210 Å². The van der Waals surface area contributed by atoms with Crippen molar-refractivity contribution < 1.29 is 25.8 Å². The Kier molecular flexibility index (Phi) is 12.7. The van der Waals surface area contributed by atoms with E-state index in [1.54, 1.807) is 0 Å². The molecule has 8 aromatic carbocycles. The number of benzene rings is 6. The van der Waals surface area contributed by atoms with Gasteiger partial charge in [-0.25, -0.2) is 0 Å². The Labute approximate surface area is 370 Å². The average Bonchev–Trinajstić information content (AvgIpc) is 3.91. The molecule has 292 valence electrons. The van der Waals surface area contributed by atoms with Crippen LogP contribution in [-0.4, -0.2) is 9.52 Å². The van der Waals surface area contributed by atoms with E-state index in [9.17, 15) is 0 Å². The minimum atomic E-state index is 0. The largest absolute Gasteiger partial charge is 0.184 e. The molecular formula is C56H57HfSi-3. The molecule has 0 atom stereocenters. The van der Waals surface area contributed by atoms with Crippen molar-refractivity contribution >= 4 is 41.4 Å². The van der Waals surface area contributed by atoms with Crippen LogP contribution in [-0.2, 0) is 36.7 Å². The predicted octanol–water partition coefficient (Wildman–Crippen LogP) is 14.0. The van der Waals surface area contributed by atoms with E-state index in [1.807, 2.05) is 6.07 Å². The van der Waals surface area contributed by atoms with Crippen LogP contribution in [0.4, 0.5) is 0 Å². The molecule has 0 amide bonds. The van der Waals surface area contributed by atoms with Crippen LogP contribution in [0.2, 0.25) is 0 Å². The molecule has 0 saturated heterocycles. The molecule has 0 aliphatic carbocycles. The van der Waals surface area contributed by atoms with Gasteiger partial charge in [0, 0.05) is 25.8 Å². The Hall–Kier alpha value is -4.37. The molecule has 0 saturated carbocycles. The first-order chi connectivity index (χ1) is 27.0. The molecule has 0 spiro atoms. The van der Waals surface area contributed by atoms with Gasteiger partial charge in [0.2, 0.25) is 0 Å². The van der Waals surface area contributed by atoms with Crippen molar-refractivity contribution in [2.75, 3.05) is 0 Å². The smallest absolute Gasteiger partial charge is 0.0920 e. The second kappa shape index (κ2) is 17.1. The molecule has 2 radical (unpaired) electrons. The zero-order valence-corrected chi connectivity index (χ0v) is 41.2. The van der Waals surface area contributed by atoms with E-state index in [1.165, 1.54) is 110 Å². The topological polar surface area (TPSA) is 0 Å². The van der Waals surface area contributed by atoms with Gasteiger partial charge in [-0.05, 0) is 85.8 Å². The van der Waals surface area contributed by atoms with Gasteiger partial charge < -0.3 is 0 Å². The van der Waals surface area contributed by atoms with Crippen molar-refractivity contribution in [3.05, 3.63) is 178 Å². The molecule has 0 fully saturated rings. The van der Waals surface area contributed by atoms with Crippen molar-refractivity contribution in [3.8, 4) is 33.4 Å². The Balaban J connectivity index is 0.000000150. The second-order valence-corrected chi connectivity index (χ2v) is 19.5. The van der Waals surface area contributed by atoms with E-state index in [-0.39, 0.29) is 36.7 Å². The maximum Gasteiger partial charge on any atom is 0.0920 e. The van der Waals surface area contributed by atoms with Crippen LogP contribution < -0.4 is 10.4 Å². The van der Waals surface area contributed by atoms with Crippen molar-refractivity contribution in [2.24, 2.45) is 0 Å². The number of fused-ring (bicyclic) bond motifs is 5. The van der Waals surface area contributed by atoms with E-state index < -0.39 is 0 Å². The number of rotatable bonds is 2. The molecule has 0 bridgehead atoms. The molecule has 9 rings (SSSR count). The SMILES string of the molecule is Cc1cc(C)c(C)c(-c2cccc3[cH-]c(C(C)(C)C)cc23)c1.Cc1cc(C)c(C)c(-c2cccc3[cH-]c(C(C)(C)C)cc23)c1.[Hf].[c-]1cccc2c1[Si]c1ccccc1-2. The first-order valence-corrected chi connectivity index (χ1v) is 21.4. The molecule has 1 aliphatic heterocycles. The minimum Gasteiger partial charge on any atom is -0.184 e. The molecule has 0 aromatic heterocycles. The van der Waals surface area contributed by atoms with Gasteiger partial charge in [0.1, 0.15) is 0 Å². The average molecular weight is 937 g/mol. The van der Waals surface area contributed by atoms with Crippen LogP contribution in [0.1, 0.15) is 86.1 Å². The molecule has 0 unspecified atom stereocenters. The standard InChI is InChI=1S/2C22H25.C12H7Si.Hf/c2*1-14-10-15(2)16(3)20(11-14)19-9-7-8-17-12-18(13-21(17)19)22(4,5)6;1-3-7-11-9(5-1)10-6-2-4-8-12(10)13-11;/h2*7-13H,1-6H3;1-7H;/q3*-1;. The maximum atomic E-state index is 3.31. The summed E-state index contributed by atoms with van der Waals surface area (Å²) in [5.41, 5.74) is 19.6. The van der Waals surface area contributed by atoms with E-state index >= 15 is 0 Å². The molecule has 2 heteroatoms. The van der Waals surface area contributed by atoms with E-state index in [4.69, 9.17) is 0 Å². The van der Waals surface area contributed by atoms with Gasteiger partial charge in [0.25, 0.3) is 0 Å². The first kappa shape index (κ1) is 43.2. The summed E-state index contributed by atoms with van der Waals surface area (Å²) in [6.45, 7) is 26.9. The maximum absolute atomic E-state index is 3.31. The summed E-state index contributed by atoms with van der Waals surface area (Å²) >= 11 is 0. The van der Waals surface area contributed by atoms with E-state index in [0.717, 1.165) is 9.52 Å². The van der Waals surface area contributed by atoms with Crippen LogP contribution in [0, 0.1) is 47.6 Å². The quantitative estimate of drug-likeness (QED) is 0.120. The summed E-state index contributed by atoms with van der Waals surface area (Å²) in [4.78, 5) is 0. The third kappa shape index (κ3) is 8.95. The number of aryl methyl sites for hydroxylation is 4. The first-order valence-electron chi connectivity index (χ1n) is 20.4. The normalized spacial score (nSPS) is 11.9. The third-order valence-electron chi connectivity index (χ3n) is 11.8. The van der Waals surface area contributed by atoms with Gasteiger partial charge >= 0.3 is 0 Å². The molecule has 1 heterocycles. The summed E-state index contributed by atoms with van der Waals surface area (Å²) in [7, 11) is 0.795. The fourth-order valence-electron chi connectivity index (χ4n) is 8.17. The van der Waals surface area contributed by atoms with Gasteiger partial charge in [-0.3, -0.25) is 0 Å². The van der Waals surface area contributed by atoms with Crippen LogP contribution >= 0.6 is 0 Å². The minimum absolute atomic E-state index is 0. The zero-order valence-electron chi connectivity index (χ0n) is 36.6. The van der Waals surface area contributed by atoms with Crippen LogP contribution in [0.25, 0.3) is 54.9 Å². The fourth-order valence-corrected chi connectivity index (χ4v) is 9.48. The fraction of sp³-hybridized carbons (Fsp3) is 0.250. The Morgan fingerprint density at radius 3 is 1.40 bits per heavy atom. The monoisotopic (exact) mass is 937 g/mol. The number of hydrogen-bond donors (Lipinski definition) is 0. The Morgan fingerprint density at radius 2 is 0.914 bits per heavy atom. The van der Waals surface area contributed by atoms with Gasteiger partial charge in [0.15, 0.2) is 0 Å². The molecule has 8 aromatic rings. The summed E-state index contributed by atoms with van der Waals surface area (Å²) in [6, 6.07) is 50.1. The van der Waals surface area contributed by atoms with Gasteiger partial charge in [-0.2, -0.15) is 41.6 Å². The van der Waals surface area contributed by atoms with Gasteiger partial charge in [-0.15, -0.1) is 74.6 Å². The van der Waals surface area contributed by atoms with Crippen molar-refractivity contribution in [2.45, 2.75) is 93.9 Å². The Morgan fingerprint density at radius 1 is 0.466 bits per heavy atom. The summed E-state index contributed by atoms with van der Waals surface area (Å²) in [5, 5.41) is 8.27.